The van der Waals surface area contributed by atoms with Crippen LogP contribution in [0, 0.1) is 0 Å². The molecule has 26 heavy (non-hydrogen) atoms. The fourth-order valence-electron chi connectivity index (χ4n) is 2.69. The maximum atomic E-state index is 12.8. The summed E-state index contributed by atoms with van der Waals surface area (Å²) < 4.78 is 7.39. The smallest absolute Gasteiger partial charge is 0.257 e. The molecule has 0 aliphatic carbocycles. The minimum atomic E-state index is -0.0688. The van der Waals surface area contributed by atoms with Crippen molar-refractivity contribution < 1.29 is 9.53 Å². The molecule has 0 unspecified atom stereocenters. The molecule has 0 atom stereocenters. The van der Waals surface area contributed by atoms with Gasteiger partial charge in [0, 0.05) is 13.2 Å². The summed E-state index contributed by atoms with van der Waals surface area (Å²) in [4.78, 5) is 18.8. The van der Waals surface area contributed by atoms with Crippen LogP contribution in [0.3, 0.4) is 0 Å². The number of ether oxygens (including phenoxy) is 1. The van der Waals surface area contributed by atoms with Gasteiger partial charge in [0.15, 0.2) is 5.82 Å². The van der Waals surface area contributed by atoms with Crippen LogP contribution in [0.1, 0.15) is 23.0 Å². The van der Waals surface area contributed by atoms with Gasteiger partial charge in [-0.1, -0.05) is 31.2 Å². The van der Waals surface area contributed by atoms with E-state index in [2.05, 4.69) is 10.1 Å². The van der Waals surface area contributed by atoms with Crippen molar-refractivity contribution in [3.05, 3.63) is 72.2 Å². The molecule has 0 saturated carbocycles. The maximum absolute atomic E-state index is 12.8. The number of likely N-dealkylation sites (N-methyl/N-ethyl adjacent to an activating group) is 1. The lowest BCUT2D eigenvalue weighted by atomic mass is 10.2. The molecular weight excluding hydrogens is 328 g/mol. The number of nitrogens with zero attached hydrogens (tertiary/aromatic N) is 4. The van der Waals surface area contributed by atoms with Gasteiger partial charge in [0.05, 0.1) is 24.0 Å². The van der Waals surface area contributed by atoms with Gasteiger partial charge in [-0.25, -0.2) is 9.67 Å². The second-order valence-electron chi connectivity index (χ2n) is 5.85. The predicted octanol–water partition coefficient (Wildman–Crippen LogP) is 2.98. The molecule has 6 heteroatoms. The van der Waals surface area contributed by atoms with E-state index in [0.717, 1.165) is 11.4 Å². The van der Waals surface area contributed by atoms with E-state index in [9.17, 15) is 4.79 Å². The summed E-state index contributed by atoms with van der Waals surface area (Å²) in [7, 11) is 1.77. The van der Waals surface area contributed by atoms with Crippen LogP contribution in [0.5, 0.6) is 5.75 Å². The van der Waals surface area contributed by atoms with Gasteiger partial charge in [-0.2, -0.15) is 5.10 Å². The number of para-hydroxylation sites is 1. The third-order valence-electron chi connectivity index (χ3n) is 4.09. The quantitative estimate of drug-likeness (QED) is 0.657. The summed E-state index contributed by atoms with van der Waals surface area (Å²) in [5, 5.41) is 4.36. The Hall–Kier alpha value is -3.15. The van der Waals surface area contributed by atoms with E-state index < -0.39 is 0 Å². The SMILES string of the molecule is CCc1c(C(=O)N(C)CCOc2ccccc2)cnn1-c1ccccn1. The van der Waals surface area contributed by atoms with Crippen molar-refractivity contribution in [1.82, 2.24) is 19.7 Å². The van der Waals surface area contributed by atoms with Crippen LogP contribution in [-0.4, -0.2) is 45.8 Å². The van der Waals surface area contributed by atoms with Crippen LogP contribution in [0.15, 0.2) is 60.9 Å². The number of aromatic nitrogens is 3. The lowest BCUT2D eigenvalue weighted by molar-refractivity contribution is 0.0772. The Morgan fingerprint density at radius 3 is 2.62 bits per heavy atom. The maximum Gasteiger partial charge on any atom is 0.257 e. The number of hydrogen-bond acceptors (Lipinski definition) is 4. The van der Waals surface area contributed by atoms with Crippen molar-refractivity contribution >= 4 is 5.91 Å². The Balaban J connectivity index is 1.68. The fraction of sp³-hybridized carbons (Fsp3) is 0.250. The standard InChI is InChI=1S/C20H22N4O2/c1-3-18-17(15-22-24(18)19-11-7-8-12-21-19)20(25)23(2)13-14-26-16-9-5-4-6-10-16/h4-12,15H,3,13-14H2,1-2H3. The Morgan fingerprint density at radius 1 is 1.15 bits per heavy atom. The number of carbonyl (C=O) groups excluding carboxylic acids is 1. The van der Waals surface area contributed by atoms with Crippen molar-refractivity contribution in [2.24, 2.45) is 0 Å². The number of amides is 1. The molecule has 3 aromatic rings. The molecule has 3 rings (SSSR count). The first-order chi connectivity index (χ1) is 12.7. The normalized spacial score (nSPS) is 10.5. The molecule has 2 aromatic heterocycles. The number of hydrogen-bond donors (Lipinski definition) is 0. The Labute approximate surface area is 153 Å². The van der Waals surface area contributed by atoms with Crippen LogP contribution in [0.25, 0.3) is 5.82 Å². The minimum Gasteiger partial charge on any atom is -0.492 e. The summed E-state index contributed by atoms with van der Waals surface area (Å²) in [6.07, 6.45) is 4.02. The van der Waals surface area contributed by atoms with Crippen molar-refractivity contribution in [2.45, 2.75) is 13.3 Å². The van der Waals surface area contributed by atoms with E-state index in [4.69, 9.17) is 4.74 Å². The van der Waals surface area contributed by atoms with Crippen LogP contribution in [0.4, 0.5) is 0 Å². The highest BCUT2D eigenvalue weighted by Crippen LogP contribution is 2.16. The molecule has 1 amide bonds. The lowest BCUT2D eigenvalue weighted by Gasteiger charge is -2.17. The molecule has 0 aliphatic heterocycles. The summed E-state index contributed by atoms with van der Waals surface area (Å²) in [5.74, 6) is 1.43. The molecule has 1 aromatic carbocycles. The second kappa shape index (κ2) is 8.29. The summed E-state index contributed by atoms with van der Waals surface area (Å²) >= 11 is 0. The van der Waals surface area contributed by atoms with Gasteiger partial charge in [0.1, 0.15) is 12.4 Å². The topological polar surface area (TPSA) is 60.3 Å². The summed E-state index contributed by atoms with van der Waals surface area (Å²) in [6, 6.07) is 15.2. The van der Waals surface area contributed by atoms with Gasteiger partial charge in [0.25, 0.3) is 5.91 Å². The van der Waals surface area contributed by atoms with E-state index in [-0.39, 0.29) is 5.91 Å². The number of benzene rings is 1. The van der Waals surface area contributed by atoms with Crippen molar-refractivity contribution in [2.75, 3.05) is 20.2 Å². The zero-order valence-corrected chi connectivity index (χ0v) is 15.0. The monoisotopic (exact) mass is 350 g/mol. The fourth-order valence-corrected chi connectivity index (χ4v) is 2.69. The Kier molecular flexibility index (Phi) is 5.63. The van der Waals surface area contributed by atoms with E-state index in [1.165, 1.54) is 0 Å². The predicted molar refractivity (Wildman–Crippen MR) is 99.6 cm³/mol. The van der Waals surface area contributed by atoms with E-state index in [0.29, 0.717) is 31.0 Å². The Morgan fingerprint density at radius 2 is 1.92 bits per heavy atom. The third-order valence-corrected chi connectivity index (χ3v) is 4.09. The molecule has 0 radical (unpaired) electrons. The number of pyridine rings is 1. The van der Waals surface area contributed by atoms with Crippen molar-refractivity contribution in [3.63, 3.8) is 0 Å². The average molecular weight is 350 g/mol. The molecule has 0 fully saturated rings. The highest BCUT2D eigenvalue weighted by atomic mass is 16.5. The van der Waals surface area contributed by atoms with Gasteiger partial charge < -0.3 is 9.64 Å². The molecule has 6 nitrogen and oxygen atoms in total. The van der Waals surface area contributed by atoms with E-state index >= 15 is 0 Å². The molecule has 2 heterocycles. The lowest BCUT2D eigenvalue weighted by Crippen LogP contribution is -2.31. The molecule has 0 aliphatic rings. The van der Waals surface area contributed by atoms with Crippen LogP contribution < -0.4 is 4.74 Å². The molecule has 0 N–H and O–H groups in total. The van der Waals surface area contributed by atoms with E-state index in [1.807, 2.05) is 55.5 Å². The van der Waals surface area contributed by atoms with E-state index in [1.54, 1.807) is 29.0 Å². The summed E-state index contributed by atoms with van der Waals surface area (Å²) in [6.45, 7) is 2.93. The highest BCUT2D eigenvalue weighted by molar-refractivity contribution is 5.95. The third kappa shape index (κ3) is 3.91. The largest absolute Gasteiger partial charge is 0.492 e. The van der Waals surface area contributed by atoms with Crippen LogP contribution >= 0.6 is 0 Å². The minimum absolute atomic E-state index is 0.0688. The first-order valence-corrected chi connectivity index (χ1v) is 8.62. The second-order valence-corrected chi connectivity index (χ2v) is 5.85. The number of carbonyl (C=O) groups is 1. The molecule has 0 spiro atoms. The molecule has 134 valence electrons. The molecule has 0 saturated heterocycles. The Bertz CT molecular complexity index is 847. The van der Waals surface area contributed by atoms with Gasteiger partial charge in [0.2, 0.25) is 0 Å². The van der Waals surface area contributed by atoms with Crippen molar-refractivity contribution in [3.8, 4) is 11.6 Å². The van der Waals surface area contributed by atoms with Crippen LogP contribution in [0.2, 0.25) is 0 Å². The van der Waals surface area contributed by atoms with Crippen LogP contribution in [-0.2, 0) is 6.42 Å². The first kappa shape index (κ1) is 17.7. The zero-order valence-electron chi connectivity index (χ0n) is 15.0. The van der Waals surface area contributed by atoms with Gasteiger partial charge >= 0.3 is 0 Å². The summed E-state index contributed by atoms with van der Waals surface area (Å²) in [5.41, 5.74) is 1.45. The van der Waals surface area contributed by atoms with Gasteiger partial charge in [-0.3, -0.25) is 4.79 Å². The average Bonchev–Trinajstić information content (AvgIpc) is 3.12. The first-order valence-electron chi connectivity index (χ1n) is 8.62. The van der Waals surface area contributed by atoms with Crippen molar-refractivity contribution in [1.29, 1.82) is 0 Å². The highest BCUT2D eigenvalue weighted by Gasteiger charge is 2.20. The van der Waals surface area contributed by atoms with Gasteiger partial charge in [-0.05, 0) is 30.7 Å². The molecule has 0 bridgehead atoms. The van der Waals surface area contributed by atoms with Gasteiger partial charge in [-0.15, -0.1) is 0 Å². The number of rotatable bonds is 7. The zero-order chi connectivity index (χ0) is 18.4. The molecular formula is C20H22N4O2.